The number of aromatic nitrogens is 3. The number of piperazine rings is 1. The zero-order chi connectivity index (χ0) is 23.7. The van der Waals surface area contributed by atoms with Crippen molar-refractivity contribution in [2.75, 3.05) is 37.6 Å². The summed E-state index contributed by atoms with van der Waals surface area (Å²) < 4.78 is 15.5. The van der Waals surface area contributed by atoms with Crippen LogP contribution in [0.4, 0.5) is 10.1 Å². The number of hydrogen-bond acceptors (Lipinski definition) is 6. The summed E-state index contributed by atoms with van der Waals surface area (Å²) in [5, 5.41) is 2.85. The molecule has 3 aromatic rings. The quantitative estimate of drug-likeness (QED) is 0.543. The minimum absolute atomic E-state index is 0.121. The summed E-state index contributed by atoms with van der Waals surface area (Å²) in [6.45, 7) is 5.56. The van der Waals surface area contributed by atoms with Gasteiger partial charge in [0.2, 0.25) is 0 Å². The van der Waals surface area contributed by atoms with Crippen LogP contribution in [0.1, 0.15) is 23.0 Å². The highest BCUT2D eigenvalue weighted by molar-refractivity contribution is 6.32. The van der Waals surface area contributed by atoms with Gasteiger partial charge in [-0.05, 0) is 36.8 Å². The van der Waals surface area contributed by atoms with Crippen molar-refractivity contribution in [1.82, 2.24) is 24.8 Å². The first-order chi connectivity index (χ1) is 15.8. The number of halogens is 2. The average molecular weight is 475 g/mol. The summed E-state index contributed by atoms with van der Waals surface area (Å²) in [6.07, 6.45) is 0. The summed E-state index contributed by atoms with van der Waals surface area (Å²) in [5.74, 6) is -0.916. The predicted molar refractivity (Wildman–Crippen MR) is 125 cm³/mol. The van der Waals surface area contributed by atoms with Gasteiger partial charge in [-0.2, -0.15) is 0 Å². The van der Waals surface area contributed by atoms with E-state index in [1.807, 2.05) is 6.92 Å². The van der Waals surface area contributed by atoms with Crippen molar-refractivity contribution in [2.24, 2.45) is 7.05 Å². The predicted octanol–water partition coefficient (Wildman–Crippen LogP) is 1.49. The smallest absolute Gasteiger partial charge is 0.328 e. The first-order valence-electron chi connectivity index (χ1n) is 10.6. The van der Waals surface area contributed by atoms with E-state index in [0.717, 1.165) is 10.3 Å². The van der Waals surface area contributed by atoms with E-state index in [9.17, 15) is 18.8 Å². The standard InChI is InChI=1S/C22H24ClFN6O3/c1-3-25-20(31)15-4-5-17(19(23)26-15)30-8-6-29(7-9-30)12-13-10-14(24)18-16(11-13)27-22(33)28(2)21(18)32/h4-5,10-11H,3,6-9,12H2,1-2H3,(H,25,31)(H,27,33). The Kier molecular flexibility index (Phi) is 6.48. The average Bonchev–Trinajstić information content (AvgIpc) is 2.78. The lowest BCUT2D eigenvalue weighted by Gasteiger charge is -2.36. The van der Waals surface area contributed by atoms with Crippen molar-refractivity contribution in [3.8, 4) is 0 Å². The Labute approximate surface area is 193 Å². The molecule has 1 aliphatic rings. The monoisotopic (exact) mass is 474 g/mol. The molecule has 3 heterocycles. The van der Waals surface area contributed by atoms with Crippen LogP contribution in [0.25, 0.3) is 10.9 Å². The van der Waals surface area contributed by atoms with Crippen LogP contribution in [-0.4, -0.2) is 58.1 Å². The zero-order valence-corrected chi connectivity index (χ0v) is 19.1. The Morgan fingerprint density at radius 1 is 1.21 bits per heavy atom. The van der Waals surface area contributed by atoms with E-state index < -0.39 is 17.1 Å². The summed E-state index contributed by atoms with van der Waals surface area (Å²) in [6, 6.07) is 6.44. The minimum Gasteiger partial charge on any atom is -0.366 e. The SMILES string of the molecule is CCNC(=O)c1ccc(N2CCN(Cc3cc(F)c4c(=O)n(C)c(=O)[nH]c4c3)CC2)c(Cl)n1. The van der Waals surface area contributed by atoms with E-state index in [-0.39, 0.29) is 27.7 Å². The molecule has 33 heavy (non-hydrogen) atoms. The van der Waals surface area contributed by atoms with Gasteiger partial charge >= 0.3 is 5.69 Å². The number of aromatic amines is 1. The third-order valence-corrected chi connectivity index (χ3v) is 6.01. The number of pyridine rings is 1. The molecule has 1 amide bonds. The fraction of sp³-hybridized carbons (Fsp3) is 0.364. The van der Waals surface area contributed by atoms with Crippen LogP contribution in [0.5, 0.6) is 0 Å². The molecule has 1 fully saturated rings. The van der Waals surface area contributed by atoms with E-state index >= 15 is 0 Å². The third kappa shape index (κ3) is 4.62. The van der Waals surface area contributed by atoms with Crippen LogP contribution < -0.4 is 21.5 Å². The molecule has 9 nitrogen and oxygen atoms in total. The number of benzene rings is 1. The van der Waals surface area contributed by atoms with E-state index in [0.29, 0.717) is 44.8 Å². The van der Waals surface area contributed by atoms with Gasteiger partial charge in [0, 0.05) is 46.3 Å². The number of hydrogen-bond donors (Lipinski definition) is 2. The van der Waals surface area contributed by atoms with Gasteiger partial charge in [-0.15, -0.1) is 0 Å². The summed E-state index contributed by atoms with van der Waals surface area (Å²) in [4.78, 5) is 47.1. The number of anilines is 1. The van der Waals surface area contributed by atoms with Crippen molar-refractivity contribution in [1.29, 1.82) is 0 Å². The lowest BCUT2D eigenvalue weighted by Crippen LogP contribution is -2.46. The normalized spacial score (nSPS) is 14.6. The fourth-order valence-electron chi connectivity index (χ4n) is 3.97. The molecule has 0 saturated carbocycles. The Morgan fingerprint density at radius 3 is 2.61 bits per heavy atom. The largest absolute Gasteiger partial charge is 0.366 e. The molecule has 0 radical (unpaired) electrons. The molecule has 11 heteroatoms. The highest BCUT2D eigenvalue weighted by Gasteiger charge is 2.21. The van der Waals surface area contributed by atoms with E-state index in [4.69, 9.17) is 11.6 Å². The molecule has 0 atom stereocenters. The molecule has 0 aliphatic carbocycles. The zero-order valence-electron chi connectivity index (χ0n) is 18.3. The van der Waals surface area contributed by atoms with Gasteiger partial charge in [0.25, 0.3) is 11.5 Å². The molecular weight excluding hydrogens is 451 g/mol. The number of amides is 1. The van der Waals surface area contributed by atoms with Gasteiger partial charge in [0.15, 0.2) is 5.15 Å². The maximum absolute atomic E-state index is 14.6. The Bertz CT molecular complexity index is 1330. The molecule has 0 spiro atoms. The number of nitrogens with zero attached hydrogens (tertiary/aromatic N) is 4. The second-order valence-corrected chi connectivity index (χ2v) is 8.28. The van der Waals surface area contributed by atoms with Crippen LogP contribution in [0.3, 0.4) is 0 Å². The van der Waals surface area contributed by atoms with Gasteiger partial charge in [0.1, 0.15) is 11.5 Å². The van der Waals surface area contributed by atoms with Crippen molar-refractivity contribution < 1.29 is 9.18 Å². The summed E-state index contributed by atoms with van der Waals surface area (Å²) in [7, 11) is 1.31. The van der Waals surface area contributed by atoms with Crippen molar-refractivity contribution in [2.45, 2.75) is 13.5 Å². The molecule has 2 N–H and O–H groups in total. The van der Waals surface area contributed by atoms with E-state index in [1.165, 1.54) is 13.1 Å². The van der Waals surface area contributed by atoms with Crippen LogP contribution in [0.2, 0.25) is 5.15 Å². The van der Waals surface area contributed by atoms with Crippen molar-refractivity contribution >= 4 is 34.1 Å². The molecule has 4 rings (SSSR count). The lowest BCUT2D eigenvalue weighted by atomic mass is 10.1. The Balaban J connectivity index is 1.45. The molecule has 1 aromatic carbocycles. The van der Waals surface area contributed by atoms with Crippen LogP contribution >= 0.6 is 11.6 Å². The summed E-state index contributed by atoms with van der Waals surface area (Å²) in [5.41, 5.74) is 0.659. The number of carbonyl (C=O) groups excluding carboxylic acids is 1. The molecule has 0 bridgehead atoms. The van der Waals surface area contributed by atoms with Gasteiger partial charge in [-0.1, -0.05) is 11.6 Å². The topological polar surface area (TPSA) is 103 Å². The number of nitrogens with one attached hydrogen (secondary N) is 2. The molecule has 174 valence electrons. The van der Waals surface area contributed by atoms with Crippen molar-refractivity contribution in [3.05, 3.63) is 67.3 Å². The third-order valence-electron chi connectivity index (χ3n) is 5.73. The fourth-order valence-corrected chi connectivity index (χ4v) is 4.25. The molecule has 2 aromatic heterocycles. The minimum atomic E-state index is -0.657. The number of H-pyrrole nitrogens is 1. The molecule has 1 aliphatic heterocycles. The maximum Gasteiger partial charge on any atom is 0.328 e. The van der Waals surface area contributed by atoms with Gasteiger partial charge in [-0.25, -0.2) is 14.2 Å². The highest BCUT2D eigenvalue weighted by Crippen LogP contribution is 2.26. The first kappa shape index (κ1) is 22.9. The van der Waals surface area contributed by atoms with Crippen LogP contribution in [0.15, 0.2) is 33.9 Å². The highest BCUT2D eigenvalue weighted by atomic mass is 35.5. The van der Waals surface area contributed by atoms with Crippen molar-refractivity contribution in [3.63, 3.8) is 0 Å². The maximum atomic E-state index is 14.6. The molecule has 1 saturated heterocycles. The second-order valence-electron chi connectivity index (χ2n) is 7.92. The van der Waals surface area contributed by atoms with Gasteiger partial charge < -0.3 is 15.2 Å². The van der Waals surface area contributed by atoms with E-state index in [2.05, 4.69) is 25.1 Å². The van der Waals surface area contributed by atoms with Gasteiger partial charge in [0.05, 0.1) is 16.6 Å². The van der Waals surface area contributed by atoms with Crippen LogP contribution in [0, 0.1) is 5.82 Å². The number of carbonyl (C=O) groups is 1. The Hall–Kier alpha value is -3.24. The molecule has 0 unspecified atom stereocenters. The summed E-state index contributed by atoms with van der Waals surface area (Å²) >= 11 is 6.34. The van der Waals surface area contributed by atoms with E-state index in [1.54, 1.807) is 18.2 Å². The molecular formula is C22H24ClFN6O3. The first-order valence-corrected chi connectivity index (χ1v) is 11.0. The number of rotatable bonds is 5. The second kappa shape index (κ2) is 9.32. The Morgan fingerprint density at radius 2 is 1.94 bits per heavy atom. The number of fused-ring (bicyclic) bond motifs is 1. The van der Waals surface area contributed by atoms with Crippen LogP contribution in [-0.2, 0) is 13.6 Å². The van der Waals surface area contributed by atoms with Gasteiger partial charge in [-0.3, -0.25) is 19.1 Å². The lowest BCUT2D eigenvalue weighted by molar-refractivity contribution is 0.0951.